The van der Waals surface area contributed by atoms with Crippen LogP contribution in [0.2, 0.25) is 0 Å². The van der Waals surface area contributed by atoms with Crippen LogP contribution in [0.1, 0.15) is 30.1 Å². The van der Waals surface area contributed by atoms with Crippen molar-refractivity contribution in [3.8, 4) is 5.75 Å². The fourth-order valence-electron chi connectivity index (χ4n) is 2.27. The van der Waals surface area contributed by atoms with E-state index in [9.17, 15) is 9.59 Å². The monoisotopic (exact) mass is 326 g/mol. The molecule has 0 aliphatic carbocycles. The molecule has 2 rings (SSSR count). The Labute approximate surface area is 137 Å². The van der Waals surface area contributed by atoms with Crippen LogP contribution in [0, 0.1) is 0 Å². The Morgan fingerprint density at radius 2 is 1.82 bits per heavy atom. The zero-order valence-corrected chi connectivity index (χ0v) is 13.7. The van der Waals surface area contributed by atoms with Gasteiger partial charge in [0.25, 0.3) is 0 Å². The number of amides is 1. The Balaban J connectivity index is 0.00000242. The van der Waals surface area contributed by atoms with Crippen LogP contribution in [0.25, 0.3) is 0 Å². The van der Waals surface area contributed by atoms with E-state index in [1.165, 1.54) is 6.92 Å². The van der Waals surface area contributed by atoms with Crippen LogP contribution in [0.3, 0.4) is 0 Å². The smallest absolute Gasteiger partial charge is 0.222 e. The summed E-state index contributed by atoms with van der Waals surface area (Å²) >= 11 is 0. The molecule has 0 aromatic heterocycles. The molecule has 1 aliphatic rings. The van der Waals surface area contributed by atoms with Crippen LogP contribution in [-0.2, 0) is 4.79 Å². The molecule has 122 valence electrons. The van der Waals surface area contributed by atoms with Gasteiger partial charge in [0, 0.05) is 38.2 Å². The lowest BCUT2D eigenvalue weighted by Crippen LogP contribution is -2.46. The van der Waals surface area contributed by atoms with E-state index in [0.717, 1.165) is 31.9 Å². The molecule has 0 saturated carbocycles. The summed E-state index contributed by atoms with van der Waals surface area (Å²) in [5.41, 5.74) is 0.677. The predicted octanol–water partition coefficient (Wildman–Crippen LogP) is 1.90. The molecule has 0 unspecified atom stereocenters. The zero-order chi connectivity index (χ0) is 15.1. The lowest BCUT2D eigenvalue weighted by atomic mass is 10.1. The Morgan fingerprint density at radius 1 is 1.18 bits per heavy atom. The van der Waals surface area contributed by atoms with Crippen molar-refractivity contribution in [2.75, 3.05) is 32.8 Å². The number of ketones is 1. The average Bonchev–Trinajstić information content (AvgIpc) is 2.52. The summed E-state index contributed by atoms with van der Waals surface area (Å²) in [4.78, 5) is 25.0. The van der Waals surface area contributed by atoms with Crippen molar-refractivity contribution in [3.63, 3.8) is 0 Å². The standard InChI is InChI=1S/C16H22N2O3.ClH/c1-13(19)14-4-6-15(7-5-14)21-12-2-3-16(20)18-10-8-17-9-11-18;/h4-7,17H,2-3,8-12H2,1H3;1H. The Morgan fingerprint density at radius 3 is 2.41 bits per heavy atom. The van der Waals surface area contributed by atoms with Crippen LogP contribution >= 0.6 is 12.4 Å². The fourth-order valence-corrected chi connectivity index (χ4v) is 2.27. The summed E-state index contributed by atoms with van der Waals surface area (Å²) in [6.07, 6.45) is 1.22. The highest BCUT2D eigenvalue weighted by Crippen LogP contribution is 2.13. The van der Waals surface area contributed by atoms with Gasteiger partial charge < -0.3 is 15.0 Å². The lowest BCUT2D eigenvalue weighted by Gasteiger charge is -2.27. The van der Waals surface area contributed by atoms with Gasteiger partial charge in [0.2, 0.25) is 5.91 Å². The highest BCUT2D eigenvalue weighted by Gasteiger charge is 2.15. The van der Waals surface area contributed by atoms with Gasteiger partial charge in [0.15, 0.2) is 5.78 Å². The Kier molecular flexibility index (Phi) is 7.91. The number of nitrogens with zero attached hydrogens (tertiary/aromatic N) is 1. The van der Waals surface area contributed by atoms with E-state index >= 15 is 0 Å². The number of ether oxygens (including phenoxy) is 1. The van der Waals surface area contributed by atoms with E-state index in [-0.39, 0.29) is 24.1 Å². The van der Waals surface area contributed by atoms with Crippen LogP contribution < -0.4 is 10.1 Å². The third-order valence-corrected chi connectivity index (χ3v) is 3.53. The molecule has 1 heterocycles. The van der Waals surface area contributed by atoms with Crippen molar-refractivity contribution < 1.29 is 14.3 Å². The maximum atomic E-state index is 11.9. The largest absolute Gasteiger partial charge is 0.494 e. The molecule has 0 bridgehead atoms. The van der Waals surface area contributed by atoms with Crippen molar-refractivity contribution in [1.29, 1.82) is 0 Å². The molecule has 1 aliphatic heterocycles. The second kappa shape index (κ2) is 9.43. The van der Waals surface area contributed by atoms with Crippen LogP contribution in [-0.4, -0.2) is 49.4 Å². The molecule has 1 saturated heterocycles. The van der Waals surface area contributed by atoms with Crippen molar-refractivity contribution in [2.45, 2.75) is 19.8 Å². The van der Waals surface area contributed by atoms with E-state index in [2.05, 4.69) is 5.32 Å². The molecule has 1 fully saturated rings. The molecule has 22 heavy (non-hydrogen) atoms. The van der Waals surface area contributed by atoms with E-state index < -0.39 is 0 Å². The number of piperazine rings is 1. The predicted molar refractivity (Wildman–Crippen MR) is 87.9 cm³/mol. The number of Topliss-reactive ketones (excluding diaryl/α,β-unsaturated/α-hetero) is 1. The minimum absolute atomic E-state index is 0. The molecule has 0 radical (unpaired) electrons. The summed E-state index contributed by atoms with van der Waals surface area (Å²) in [7, 11) is 0. The van der Waals surface area contributed by atoms with Gasteiger partial charge >= 0.3 is 0 Å². The molecule has 5 nitrogen and oxygen atoms in total. The minimum Gasteiger partial charge on any atom is -0.494 e. The first-order chi connectivity index (χ1) is 10.2. The van der Waals surface area contributed by atoms with Gasteiger partial charge in [-0.3, -0.25) is 9.59 Å². The molecule has 1 aromatic carbocycles. The van der Waals surface area contributed by atoms with E-state index in [1.54, 1.807) is 24.3 Å². The number of carbonyl (C=O) groups excluding carboxylic acids is 2. The van der Waals surface area contributed by atoms with Gasteiger partial charge in [-0.1, -0.05) is 0 Å². The third kappa shape index (κ3) is 5.66. The molecular formula is C16H23ClN2O3. The highest BCUT2D eigenvalue weighted by atomic mass is 35.5. The summed E-state index contributed by atoms with van der Waals surface area (Å²) in [5.74, 6) is 0.977. The second-order valence-electron chi connectivity index (χ2n) is 5.16. The van der Waals surface area contributed by atoms with Gasteiger partial charge in [0.05, 0.1) is 6.61 Å². The molecule has 1 N–H and O–H groups in total. The minimum atomic E-state index is 0. The molecule has 1 aromatic rings. The quantitative estimate of drug-likeness (QED) is 0.641. The number of halogens is 1. The summed E-state index contributed by atoms with van der Waals surface area (Å²) in [6.45, 7) is 5.41. The van der Waals surface area contributed by atoms with Crippen LogP contribution in [0.4, 0.5) is 0 Å². The molecule has 0 spiro atoms. The van der Waals surface area contributed by atoms with Gasteiger partial charge in [-0.15, -0.1) is 12.4 Å². The molecule has 0 atom stereocenters. The Bertz CT molecular complexity index is 485. The van der Waals surface area contributed by atoms with Crippen molar-refractivity contribution in [3.05, 3.63) is 29.8 Å². The average molecular weight is 327 g/mol. The lowest BCUT2D eigenvalue weighted by molar-refractivity contribution is -0.132. The number of carbonyl (C=O) groups is 2. The zero-order valence-electron chi connectivity index (χ0n) is 12.8. The summed E-state index contributed by atoms with van der Waals surface area (Å²) < 4.78 is 5.58. The maximum absolute atomic E-state index is 11.9. The number of benzene rings is 1. The van der Waals surface area contributed by atoms with E-state index in [1.807, 2.05) is 4.90 Å². The number of hydrogen-bond acceptors (Lipinski definition) is 4. The normalized spacial score (nSPS) is 14.1. The highest BCUT2D eigenvalue weighted by molar-refractivity contribution is 5.94. The molecule has 1 amide bonds. The number of hydrogen-bond donors (Lipinski definition) is 1. The van der Waals surface area contributed by atoms with Gasteiger partial charge in [-0.25, -0.2) is 0 Å². The maximum Gasteiger partial charge on any atom is 0.222 e. The second-order valence-corrected chi connectivity index (χ2v) is 5.16. The third-order valence-electron chi connectivity index (χ3n) is 3.53. The molecular weight excluding hydrogens is 304 g/mol. The number of nitrogens with one attached hydrogen (secondary N) is 1. The summed E-state index contributed by atoms with van der Waals surface area (Å²) in [6, 6.07) is 7.08. The first-order valence-electron chi connectivity index (χ1n) is 7.39. The van der Waals surface area contributed by atoms with E-state index in [0.29, 0.717) is 25.0 Å². The van der Waals surface area contributed by atoms with Crippen LogP contribution in [0.15, 0.2) is 24.3 Å². The topological polar surface area (TPSA) is 58.6 Å². The van der Waals surface area contributed by atoms with Crippen molar-refractivity contribution >= 4 is 24.1 Å². The van der Waals surface area contributed by atoms with Crippen molar-refractivity contribution in [1.82, 2.24) is 10.2 Å². The first kappa shape index (κ1) is 18.5. The van der Waals surface area contributed by atoms with E-state index in [4.69, 9.17) is 4.74 Å². The van der Waals surface area contributed by atoms with Gasteiger partial charge in [0.1, 0.15) is 5.75 Å². The number of rotatable bonds is 6. The fraction of sp³-hybridized carbons (Fsp3) is 0.500. The Hall–Kier alpha value is -1.59. The van der Waals surface area contributed by atoms with Gasteiger partial charge in [-0.05, 0) is 37.6 Å². The summed E-state index contributed by atoms with van der Waals surface area (Å²) in [5, 5.41) is 3.23. The first-order valence-corrected chi connectivity index (χ1v) is 7.39. The molecule has 6 heteroatoms. The van der Waals surface area contributed by atoms with Crippen molar-refractivity contribution in [2.24, 2.45) is 0 Å². The van der Waals surface area contributed by atoms with Crippen LogP contribution in [0.5, 0.6) is 5.75 Å². The SMILES string of the molecule is CC(=O)c1ccc(OCCCC(=O)N2CCNCC2)cc1.Cl. The van der Waals surface area contributed by atoms with Gasteiger partial charge in [-0.2, -0.15) is 0 Å².